The molecule has 4 heterocycles. The molecule has 1 atom stereocenters. The van der Waals surface area contributed by atoms with Crippen LogP contribution in [-0.2, 0) is 4.74 Å². The molecule has 3 aromatic heterocycles. The van der Waals surface area contributed by atoms with E-state index in [1.165, 1.54) is 0 Å². The number of morpholine rings is 1. The van der Waals surface area contributed by atoms with E-state index in [-0.39, 0.29) is 0 Å². The maximum Gasteiger partial charge on any atom is 0.162 e. The number of hydrogen-bond acceptors (Lipinski definition) is 5. The minimum atomic E-state index is 0.310. The Kier molecular flexibility index (Phi) is 3.46. The van der Waals surface area contributed by atoms with Gasteiger partial charge in [0.2, 0.25) is 0 Å². The Bertz CT molecular complexity index is 1050. The fraction of sp³-hybridized carbons (Fsp3) is 0.263. The van der Waals surface area contributed by atoms with Crippen molar-refractivity contribution in [1.29, 1.82) is 0 Å². The predicted octanol–water partition coefficient (Wildman–Crippen LogP) is 4.06. The Morgan fingerprint density at radius 1 is 1.24 bits per heavy atom. The third-order valence-electron chi connectivity index (χ3n) is 4.76. The molecule has 0 saturated carbocycles. The zero-order valence-corrected chi connectivity index (χ0v) is 14.7. The molecule has 0 amide bonds. The Balaban J connectivity index is 1.73. The molecule has 1 unspecified atom stereocenters. The SMILES string of the molecule is CC1COCCN1c1nc(-c2cccc3[nH]ccc23)nc2ccsc12. The van der Waals surface area contributed by atoms with Gasteiger partial charge in [-0.3, -0.25) is 0 Å². The van der Waals surface area contributed by atoms with E-state index in [1.807, 2.05) is 12.3 Å². The molecule has 0 spiro atoms. The van der Waals surface area contributed by atoms with E-state index in [0.717, 1.165) is 58.1 Å². The van der Waals surface area contributed by atoms with Crippen LogP contribution < -0.4 is 4.90 Å². The zero-order chi connectivity index (χ0) is 16.8. The van der Waals surface area contributed by atoms with Gasteiger partial charge in [0.1, 0.15) is 0 Å². The fourth-order valence-corrected chi connectivity index (χ4v) is 4.32. The van der Waals surface area contributed by atoms with Crippen LogP contribution in [0.25, 0.3) is 32.5 Å². The summed E-state index contributed by atoms with van der Waals surface area (Å²) in [6.45, 7) is 4.52. The van der Waals surface area contributed by atoms with Crippen LogP contribution in [0.4, 0.5) is 5.82 Å². The summed E-state index contributed by atoms with van der Waals surface area (Å²) in [6, 6.07) is 10.7. The smallest absolute Gasteiger partial charge is 0.162 e. The van der Waals surface area contributed by atoms with Gasteiger partial charge in [0, 0.05) is 29.2 Å². The minimum Gasteiger partial charge on any atom is -0.377 e. The third kappa shape index (κ3) is 2.41. The molecular formula is C19H18N4OS. The van der Waals surface area contributed by atoms with Crippen LogP contribution in [-0.4, -0.2) is 40.8 Å². The summed E-state index contributed by atoms with van der Waals surface area (Å²) in [4.78, 5) is 15.5. The molecule has 1 aromatic carbocycles. The van der Waals surface area contributed by atoms with Crippen LogP contribution in [0.5, 0.6) is 0 Å². The van der Waals surface area contributed by atoms with E-state index in [4.69, 9.17) is 14.7 Å². The molecule has 5 rings (SSSR count). The Morgan fingerprint density at radius 3 is 3.12 bits per heavy atom. The maximum absolute atomic E-state index is 5.60. The molecule has 0 bridgehead atoms. The molecule has 126 valence electrons. The molecule has 1 saturated heterocycles. The average molecular weight is 350 g/mol. The number of rotatable bonds is 2. The van der Waals surface area contributed by atoms with E-state index in [9.17, 15) is 0 Å². The summed E-state index contributed by atoms with van der Waals surface area (Å²) in [5.74, 6) is 1.81. The number of fused-ring (bicyclic) bond motifs is 2. The van der Waals surface area contributed by atoms with Crippen molar-refractivity contribution in [1.82, 2.24) is 15.0 Å². The highest BCUT2D eigenvalue weighted by Gasteiger charge is 2.24. The number of nitrogens with one attached hydrogen (secondary N) is 1. The Hall–Kier alpha value is -2.44. The molecule has 1 fully saturated rings. The van der Waals surface area contributed by atoms with Crippen LogP contribution >= 0.6 is 11.3 Å². The first-order chi connectivity index (χ1) is 12.3. The third-order valence-corrected chi connectivity index (χ3v) is 5.66. The molecule has 1 N–H and O–H groups in total. The van der Waals surface area contributed by atoms with Gasteiger partial charge >= 0.3 is 0 Å². The first-order valence-corrected chi connectivity index (χ1v) is 9.35. The van der Waals surface area contributed by atoms with Crippen LogP contribution in [0.15, 0.2) is 41.9 Å². The summed E-state index contributed by atoms with van der Waals surface area (Å²) >= 11 is 1.71. The molecule has 5 nitrogen and oxygen atoms in total. The summed E-state index contributed by atoms with van der Waals surface area (Å²) in [6.07, 6.45) is 1.96. The van der Waals surface area contributed by atoms with Gasteiger partial charge in [0.25, 0.3) is 0 Å². The molecule has 25 heavy (non-hydrogen) atoms. The van der Waals surface area contributed by atoms with Crippen molar-refractivity contribution in [3.8, 4) is 11.4 Å². The van der Waals surface area contributed by atoms with Crippen LogP contribution in [0.1, 0.15) is 6.92 Å². The van der Waals surface area contributed by atoms with E-state index in [0.29, 0.717) is 6.04 Å². The van der Waals surface area contributed by atoms with Gasteiger partial charge in [-0.15, -0.1) is 11.3 Å². The maximum atomic E-state index is 5.60. The van der Waals surface area contributed by atoms with Crippen molar-refractivity contribution in [2.75, 3.05) is 24.7 Å². The van der Waals surface area contributed by atoms with E-state index in [1.54, 1.807) is 11.3 Å². The lowest BCUT2D eigenvalue weighted by Gasteiger charge is -2.34. The highest BCUT2D eigenvalue weighted by atomic mass is 32.1. The van der Waals surface area contributed by atoms with Crippen molar-refractivity contribution in [3.63, 3.8) is 0 Å². The second-order valence-corrected chi connectivity index (χ2v) is 7.28. The number of aromatic nitrogens is 3. The highest BCUT2D eigenvalue weighted by Crippen LogP contribution is 2.34. The summed E-state index contributed by atoms with van der Waals surface area (Å²) in [5, 5.41) is 3.24. The average Bonchev–Trinajstić information content (AvgIpc) is 3.30. The van der Waals surface area contributed by atoms with Gasteiger partial charge in [-0.05, 0) is 30.5 Å². The number of nitrogens with zero attached hydrogens (tertiary/aromatic N) is 3. The van der Waals surface area contributed by atoms with E-state index >= 15 is 0 Å². The summed E-state index contributed by atoms with van der Waals surface area (Å²) in [5.41, 5.74) is 3.18. The molecule has 0 aliphatic carbocycles. The lowest BCUT2D eigenvalue weighted by atomic mass is 10.1. The number of thiophene rings is 1. The van der Waals surface area contributed by atoms with Gasteiger partial charge in [-0.1, -0.05) is 12.1 Å². The highest BCUT2D eigenvalue weighted by molar-refractivity contribution is 7.17. The van der Waals surface area contributed by atoms with Gasteiger partial charge in [-0.25, -0.2) is 9.97 Å². The molecule has 1 aliphatic rings. The fourth-order valence-electron chi connectivity index (χ4n) is 3.49. The second-order valence-electron chi connectivity index (χ2n) is 6.37. The Labute approximate surface area is 149 Å². The summed E-state index contributed by atoms with van der Waals surface area (Å²) < 4.78 is 6.75. The topological polar surface area (TPSA) is 54.0 Å². The lowest BCUT2D eigenvalue weighted by Crippen LogP contribution is -2.44. The molecule has 6 heteroatoms. The van der Waals surface area contributed by atoms with Crippen LogP contribution in [0, 0.1) is 0 Å². The van der Waals surface area contributed by atoms with Crippen molar-refractivity contribution in [3.05, 3.63) is 41.9 Å². The molecular weight excluding hydrogens is 332 g/mol. The van der Waals surface area contributed by atoms with Crippen molar-refractivity contribution in [2.24, 2.45) is 0 Å². The predicted molar refractivity (Wildman–Crippen MR) is 102 cm³/mol. The van der Waals surface area contributed by atoms with Gasteiger partial charge in [0.15, 0.2) is 11.6 Å². The number of ether oxygens (including phenoxy) is 1. The second kappa shape index (κ2) is 5.82. The largest absolute Gasteiger partial charge is 0.377 e. The number of anilines is 1. The molecule has 1 aliphatic heterocycles. The van der Waals surface area contributed by atoms with Crippen molar-refractivity contribution >= 4 is 38.3 Å². The van der Waals surface area contributed by atoms with Gasteiger partial charge in [-0.2, -0.15) is 0 Å². The van der Waals surface area contributed by atoms with Crippen LogP contribution in [0.3, 0.4) is 0 Å². The van der Waals surface area contributed by atoms with Gasteiger partial charge < -0.3 is 14.6 Å². The number of aromatic amines is 1. The van der Waals surface area contributed by atoms with Crippen molar-refractivity contribution < 1.29 is 4.74 Å². The Morgan fingerprint density at radius 2 is 2.20 bits per heavy atom. The minimum absolute atomic E-state index is 0.310. The zero-order valence-electron chi connectivity index (χ0n) is 13.9. The van der Waals surface area contributed by atoms with Gasteiger partial charge in [0.05, 0.1) is 29.5 Å². The molecule has 4 aromatic rings. The molecule has 0 radical (unpaired) electrons. The quantitative estimate of drug-likeness (QED) is 0.592. The number of benzene rings is 1. The monoisotopic (exact) mass is 350 g/mol. The normalized spacial score (nSPS) is 18.3. The standard InChI is InChI=1S/C19H18N4OS/c1-12-11-24-9-8-23(12)19-17-16(6-10-25-17)21-18(22-19)14-3-2-4-15-13(14)5-7-20-15/h2-7,10,12,20H,8-9,11H2,1H3. The first kappa shape index (κ1) is 14.9. The number of hydrogen-bond donors (Lipinski definition) is 1. The van der Waals surface area contributed by atoms with E-state index in [2.05, 4.69) is 46.5 Å². The summed E-state index contributed by atoms with van der Waals surface area (Å²) in [7, 11) is 0. The van der Waals surface area contributed by atoms with Crippen LogP contribution in [0.2, 0.25) is 0 Å². The van der Waals surface area contributed by atoms with E-state index < -0.39 is 0 Å². The lowest BCUT2D eigenvalue weighted by molar-refractivity contribution is 0.0987. The number of H-pyrrole nitrogens is 1. The van der Waals surface area contributed by atoms with Crippen molar-refractivity contribution in [2.45, 2.75) is 13.0 Å². The first-order valence-electron chi connectivity index (χ1n) is 8.47.